The summed E-state index contributed by atoms with van der Waals surface area (Å²) < 4.78 is 5.61. The summed E-state index contributed by atoms with van der Waals surface area (Å²) in [6, 6.07) is 6.15. The monoisotopic (exact) mass is 356 g/mol. The van der Waals surface area contributed by atoms with Gasteiger partial charge in [-0.2, -0.15) is 0 Å². The number of hydrogen-bond donors (Lipinski definition) is 4. The van der Waals surface area contributed by atoms with E-state index in [1.807, 2.05) is 19.9 Å². The number of aliphatic hydroxyl groups is 1. The Morgan fingerprint density at radius 2 is 2.08 bits per heavy atom. The number of aliphatic imine (C=N–C) groups is 1. The summed E-state index contributed by atoms with van der Waals surface area (Å²) in [5.41, 5.74) is 10.5. The van der Waals surface area contributed by atoms with E-state index in [0.717, 1.165) is 30.6 Å². The second-order valence-electron chi connectivity index (χ2n) is 6.21. The molecule has 1 aromatic carbocycles. The third-order valence-corrected chi connectivity index (χ3v) is 3.97. The molecule has 2 rings (SSSR count). The lowest BCUT2D eigenvalue weighted by Crippen LogP contribution is -2.20. The van der Waals surface area contributed by atoms with Gasteiger partial charge in [-0.15, -0.1) is 0 Å². The van der Waals surface area contributed by atoms with Crippen LogP contribution in [0.4, 0.5) is 5.69 Å². The number of ether oxygens (including phenoxy) is 1. The highest BCUT2D eigenvalue weighted by Gasteiger charge is 2.15. The minimum absolute atomic E-state index is 0.152. The van der Waals surface area contributed by atoms with Crippen molar-refractivity contribution in [3.63, 3.8) is 0 Å². The summed E-state index contributed by atoms with van der Waals surface area (Å²) in [7, 11) is 0. The van der Waals surface area contributed by atoms with Gasteiger partial charge in [-0.1, -0.05) is 19.1 Å². The van der Waals surface area contributed by atoms with Crippen LogP contribution in [0, 0.1) is 12.3 Å². The summed E-state index contributed by atoms with van der Waals surface area (Å²) in [6.07, 6.45) is 5.09. The van der Waals surface area contributed by atoms with Crippen LogP contribution >= 0.6 is 0 Å². The van der Waals surface area contributed by atoms with E-state index in [4.69, 9.17) is 21.0 Å². The summed E-state index contributed by atoms with van der Waals surface area (Å²) in [5, 5.41) is 19.9. The summed E-state index contributed by atoms with van der Waals surface area (Å²) in [4.78, 5) is 4.66. The summed E-state index contributed by atoms with van der Waals surface area (Å²) >= 11 is 0. The molecule has 1 aromatic rings. The molecule has 0 fully saturated rings. The second kappa shape index (κ2) is 9.89. The van der Waals surface area contributed by atoms with Gasteiger partial charge in [0.25, 0.3) is 0 Å². The Morgan fingerprint density at radius 1 is 1.27 bits per heavy atom. The number of nitrogens with zero attached hydrogens (tertiary/aromatic N) is 1. The van der Waals surface area contributed by atoms with Gasteiger partial charge in [0.2, 0.25) is 0 Å². The number of benzene rings is 1. The van der Waals surface area contributed by atoms with Crippen molar-refractivity contribution in [1.82, 2.24) is 5.32 Å². The molecule has 0 aliphatic heterocycles. The Bertz CT molecular complexity index is 735. The van der Waals surface area contributed by atoms with Gasteiger partial charge in [-0.25, -0.2) is 4.99 Å². The highest BCUT2D eigenvalue weighted by atomic mass is 16.5. The SMILES string of the molecule is CCCOC1=CC(=Nc2ccc(CCNCCO)cc2C)C(N)=CC1=N. The smallest absolute Gasteiger partial charge is 0.146 e. The van der Waals surface area contributed by atoms with Gasteiger partial charge in [0, 0.05) is 12.6 Å². The maximum absolute atomic E-state index is 8.79. The standard InChI is InChI=1S/C20H28N4O2/c1-3-10-26-20-13-19(16(21)12-17(20)22)24-18-5-4-15(11-14(18)2)6-7-23-8-9-25/h4-5,11-13,22-23,25H,3,6-10,21H2,1-2H3. The molecule has 26 heavy (non-hydrogen) atoms. The van der Waals surface area contributed by atoms with Crippen LogP contribution in [0.15, 0.2) is 46.8 Å². The summed E-state index contributed by atoms with van der Waals surface area (Å²) in [5.74, 6) is 0.504. The first-order valence-corrected chi connectivity index (χ1v) is 8.96. The van der Waals surface area contributed by atoms with Gasteiger partial charge in [0.05, 0.1) is 36.0 Å². The van der Waals surface area contributed by atoms with Crippen LogP contribution in [-0.2, 0) is 11.2 Å². The highest BCUT2D eigenvalue weighted by Crippen LogP contribution is 2.23. The maximum atomic E-state index is 8.79. The minimum atomic E-state index is 0.152. The van der Waals surface area contributed by atoms with Crippen molar-refractivity contribution in [2.24, 2.45) is 10.7 Å². The third-order valence-electron chi connectivity index (χ3n) is 3.97. The number of aryl methyl sites for hydroxylation is 1. The molecular formula is C20H28N4O2. The van der Waals surface area contributed by atoms with Crippen molar-refractivity contribution in [1.29, 1.82) is 5.41 Å². The van der Waals surface area contributed by atoms with Crippen LogP contribution < -0.4 is 11.1 Å². The Balaban J connectivity index is 2.15. The van der Waals surface area contributed by atoms with Gasteiger partial charge >= 0.3 is 0 Å². The fraction of sp³-hybridized carbons (Fsp3) is 0.400. The Hall–Kier alpha value is -2.44. The molecule has 0 bridgehead atoms. The van der Waals surface area contributed by atoms with E-state index in [9.17, 15) is 0 Å². The second-order valence-corrected chi connectivity index (χ2v) is 6.21. The molecule has 6 nitrogen and oxygen atoms in total. The van der Waals surface area contributed by atoms with Crippen molar-refractivity contribution >= 4 is 17.1 Å². The quantitative estimate of drug-likeness (QED) is 0.403. The lowest BCUT2D eigenvalue weighted by atomic mass is 10.1. The molecule has 0 saturated carbocycles. The molecule has 0 saturated heterocycles. The third kappa shape index (κ3) is 5.54. The number of aliphatic hydroxyl groups excluding tert-OH is 1. The predicted octanol–water partition coefficient (Wildman–Crippen LogP) is 2.38. The van der Waals surface area contributed by atoms with Crippen molar-refractivity contribution in [3.05, 3.63) is 52.9 Å². The maximum Gasteiger partial charge on any atom is 0.146 e. The molecule has 0 aromatic heterocycles. The van der Waals surface area contributed by atoms with Crippen LogP contribution in [0.5, 0.6) is 0 Å². The Kier molecular flexibility index (Phi) is 7.56. The Labute approximate surface area is 155 Å². The van der Waals surface area contributed by atoms with Gasteiger partial charge in [-0.05, 0) is 49.6 Å². The number of hydrogen-bond acceptors (Lipinski definition) is 6. The first-order valence-electron chi connectivity index (χ1n) is 8.96. The molecule has 0 amide bonds. The molecule has 5 N–H and O–H groups in total. The van der Waals surface area contributed by atoms with Crippen LogP contribution in [0.2, 0.25) is 0 Å². The minimum Gasteiger partial charge on any atom is -0.491 e. The average Bonchev–Trinajstić information content (AvgIpc) is 2.62. The highest BCUT2D eigenvalue weighted by molar-refractivity contribution is 6.22. The van der Waals surface area contributed by atoms with Crippen molar-refractivity contribution < 1.29 is 9.84 Å². The van der Waals surface area contributed by atoms with E-state index in [1.54, 1.807) is 12.2 Å². The molecule has 1 aliphatic rings. The molecular weight excluding hydrogens is 328 g/mol. The molecule has 0 radical (unpaired) electrons. The molecule has 0 atom stereocenters. The summed E-state index contributed by atoms with van der Waals surface area (Å²) in [6.45, 7) is 6.20. The normalized spacial score (nSPS) is 15.8. The largest absolute Gasteiger partial charge is 0.491 e. The topological polar surface area (TPSA) is 104 Å². The van der Waals surface area contributed by atoms with Crippen LogP contribution in [0.3, 0.4) is 0 Å². The zero-order valence-corrected chi connectivity index (χ0v) is 15.5. The number of allylic oxidation sites excluding steroid dienone is 2. The molecule has 6 heteroatoms. The lowest BCUT2D eigenvalue weighted by Gasteiger charge is -2.15. The molecule has 140 valence electrons. The van der Waals surface area contributed by atoms with Crippen LogP contribution in [0.25, 0.3) is 0 Å². The van der Waals surface area contributed by atoms with Gasteiger partial charge < -0.3 is 20.9 Å². The van der Waals surface area contributed by atoms with E-state index >= 15 is 0 Å². The van der Waals surface area contributed by atoms with E-state index in [-0.39, 0.29) is 12.3 Å². The van der Waals surface area contributed by atoms with Crippen molar-refractivity contribution in [2.75, 3.05) is 26.3 Å². The van der Waals surface area contributed by atoms with E-state index in [0.29, 0.717) is 30.3 Å². The number of nitrogens with two attached hydrogens (primary N) is 1. The number of rotatable bonds is 9. The van der Waals surface area contributed by atoms with E-state index in [2.05, 4.69) is 22.4 Å². The number of nitrogens with one attached hydrogen (secondary N) is 2. The molecule has 0 spiro atoms. The van der Waals surface area contributed by atoms with Crippen molar-refractivity contribution in [3.8, 4) is 0 Å². The zero-order chi connectivity index (χ0) is 18.9. The first kappa shape index (κ1) is 19.9. The zero-order valence-electron chi connectivity index (χ0n) is 15.5. The molecule has 0 unspecified atom stereocenters. The van der Waals surface area contributed by atoms with Gasteiger partial charge in [-0.3, -0.25) is 5.41 Å². The molecule has 0 heterocycles. The predicted molar refractivity (Wildman–Crippen MR) is 106 cm³/mol. The van der Waals surface area contributed by atoms with Gasteiger partial charge in [0.1, 0.15) is 5.76 Å². The Morgan fingerprint density at radius 3 is 2.77 bits per heavy atom. The van der Waals surface area contributed by atoms with Crippen LogP contribution in [-0.4, -0.2) is 42.8 Å². The van der Waals surface area contributed by atoms with E-state index < -0.39 is 0 Å². The lowest BCUT2D eigenvalue weighted by molar-refractivity contribution is 0.231. The van der Waals surface area contributed by atoms with E-state index in [1.165, 1.54) is 5.56 Å². The fourth-order valence-electron chi connectivity index (χ4n) is 2.58. The molecule has 1 aliphatic carbocycles. The van der Waals surface area contributed by atoms with Crippen molar-refractivity contribution in [2.45, 2.75) is 26.7 Å². The fourth-order valence-corrected chi connectivity index (χ4v) is 2.58. The average molecular weight is 356 g/mol. The van der Waals surface area contributed by atoms with Crippen LogP contribution in [0.1, 0.15) is 24.5 Å². The van der Waals surface area contributed by atoms with Gasteiger partial charge in [0.15, 0.2) is 0 Å². The first-order chi connectivity index (χ1) is 12.5.